The van der Waals surface area contributed by atoms with Crippen molar-refractivity contribution in [3.63, 3.8) is 0 Å². The van der Waals surface area contributed by atoms with Gasteiger partial charge in [-0.2, -0.15) is 0 Å². The predicted molar refractivity (Wildman–Crippen MR) is 108 cm³/mol. The van der Waals surface area contributed by atoms with E-state index in [1.807, 2.05) is 0 Å². The molecule has 7 nitrogen and oxygen atoms in total. The van der Waals surface area contributed by atoms with Gasteiger partial charge in [0.25, 0.3) is 0 Å². The van der Waals surface area contributed by atoms with Gasteiger partial charge in [-0.25, -0.2) is 0 Å². The van der Waals surface area contributed by atoms with Crippen molar-refractivity contribution in [1.29, 1.82) is 5.41 Å². The monoisotopic (exact) mass is 394 g/mol. The lowest BCUT2D eigenvalue weighted by Crippen LogP contribution is -2.16. The summed E-state index contributed by atoms with van der Waals surface area (Å²) in [6.45, 7) is 1.28. The number of fused-ring (bicyclic) bond motifs is 1. The second kappa shape index (κ2) is 7.97. The highest BCUT2D eigenvalue weighted by Gasteiger charge is 2.23. The van der Waals surface area contributed by atoms with Crippen LogP contribution in [0.3, 0.4) is 0 Å². The molecule has 7 heteroatoms. The number of carboxylic acid groups (broad SMARTS) is 1. The van der Waals surface area contributed by atoms with Crippen molar-refractivity contribution >= 4 is 22.8 Å². The molecule has 1 aliphatic rings. The second-order valence-corrected chi connectivity index (χ2v) is 7.15. The van der Waals surface area contributed by atoms with E-state index >= 15 is 0 Å². The summed E-state index contributed by atoms with van der Waals surface area (Å²) in [6.07, 6.45) is 1.12. The van der Waals surface area contributed by atoms with Crippen LogP contribution in [0.15, 0.2) is 52.9 Å². The van der Waals surface area contributed by atoms with Crippen LogP contribution in [0.2, 0.25) is 0 Å². The maximum Gasteiger partial charge on any atom is 0.311 e. The van der Waals surface area contributed by atoms with Crippen LogP contribution in [0.5, 0.6) is 5.75 Å². The van der Waals surface area contributed by atoms with Gasteiger partial charge < -0.3 is 24.7 Å². The standard InChI is InChI=1S/C22H22N2O5/c23-21(24)14-3-6-20-15(9-14)10-18(29-20)11-19(22(25)26)13-1-4-16(5-2-13)28-17-7-8-27-12-17/h1-6,9-10,17,19H,7-8,11-12H2,(H3,23,24)(H,25,26). The van der Waals surface area contributed by atoms with Crippen molar-refractivity contribution in [3.8, 4) is 5.75 Å². The van der Waals surface area contributed by atoms with Gasteiger partial charge in [0, 0.05) is 23.8 Å². The summed E-state index contributed by atoms with van der Waals surface area (Å²) < 4.78 is 16.9. The van der Waals surface area contributed by atoms with Crippen LogP contribution in [0.25, 0.3) is 11.0 Å². The lowest BCUT2D eigenvalue weighted by molar-refractivity contribution is -0.138. The number of aliphatic carboxylic acids is 1. The molecule has 29 heavy (non-hydrogen) atoms. The zero-order chi connectivity index (χ0) is 20.4. The molecule has 150 valence electrons. The van der Waals surface area contributed by atoms with Gasteiger partial charge in [0.05, 0.1) is 19.1 Å². The lowest BCUT2D eigenvalue weighted by Gasteiger charge is -2.14. The first-order valence-electron chi connectivity index (χ1n) is 9.43. The molecule has 2 aromatic carbocycles. The number of hydrogen-bond acceptors (Lipinski definition) is 5. The van der Waals surface area contributed by atoms with Crippen LogP contribution in [0.4, 0.5) is 0 Å². The molecule has 1 fully saturated rings. The number of amidine groups is 1. The fourth-order valence-electron chi connectivity index (χ4n) is 3.49. The largest absolute Gasteiger partial charge is 0.488 e. The van der Waals surface area contributed by atoms with E-state index in [-0.39, 0.29) is 18.4 Å². The van der Waals surface area contributed by atoms with Gasteiger partial charge >= 0.3 is 5.97 Å². The average molecular weight is 394 g/mol. The van der Waals surface area contributed by atoms with E-state index in [1.54, 1.807) is 48.5 Å². The summed E-state index contributed by atoms with van der Waals surface area (Å²) in [7, 11) is 0. The molecule has 4 N–H and O–H groups in total. The van der Waals surface area contributed by atoms with Gasteiger partial charge in [-0.1, -0.05) is 12.1 Å². The van der Waals surface area contributed by atoms with Crippen LogP contribution >= 0.6 is 0 Å². The molecule has 1 saturated heterocycles. The zero-order valence-electron chi connectivity index (χ0n) is 15.8. The molecule has 1 aliphatic heterocycles. The first-order valence-corrected chi connectivity index (χ1v) is 9.43. The van der Waals surface area contributed by atoms with Crippen LogP contribution < -0.4 is 10.5 Å². The Bertz CT molecular complexity index is 1040. The number of carboxylic acids is 1. The number of carbonyl (C=O) groups is 1. The normalized spacial score (nSPS) is 17.3. The maximum atomic E-state index is 11.9. The second-order valence-electron chi connectivity index (χ2n) is 7.15. The third kappa shape index (κ3) is 4.25. The fraction of sp³-hybridized carbons (Fsp3) is 0.273. The van der Waals surface area contributed by atoms with E-state index in [1.165, 1.54) is 0 Å². The minimum atomic E-state index is -0.923. The molecule has 3 aromatic rings. The Labute approximate surface area is 167 Å². The van der Waals surface area contributed by atoms with Gasteiger partial charge in [-0.3, -0.25) is 10.2 Å². The Kier molecular flexibility index (Phi) is 5.22. The highest BCUT2D eigenvalue weighted by molar-refractivity contribution is 5.98. The highest BCUT2D eigenvalue weighted by atomic mass is 16.5. The summed E-state index contributed by atoms with van der Waals surface area (Å²) >= 11 is 0. The molecule has 1 aromatic heterocycles. The molecule has 4 rings (SSSR count). The number of benzene rings is 2. The molecule has 0 saturated carbocycles. The van der Waals surface area contributed by atoms with Crippen LogP contribution in [0.1, 0.15) is 29.2 Å². The van der Waals surface area contributed by atoms with Crippen molar-refractivity contribution in [3.05, 3.63) is 65.4 Å². The van der Waals surface area contributed by atoms with Crippen molar-refractivity contribution in [1.82, 2.24) is 0 Å². The SMILES string of the molecule is N=C(N)c1ccc2oc(CC(C(=O)O)c3ccc(OC4CCOC4)cc3)cc2c1. The minimum Gasteiger partial charge on any atom is -0.488 e. The number of furan rings is 1. The Balaban J connectivity index is 1.52. The third-order valence-corrected chi connectivity index (χ3v) is 5.05. The van der Waals surface area contributed by atoms with E-state index in [0.29, 0.717) is 41.4 Å². The molecule has 0 radical (unpaired) electrons. The Morgan fingerprint density at radius 1 is 1.24 bits per heavy atom. The zero-order valence-corrected chi connectivity index (χ0v) is 15.8. The number of hydrogen-bond donors (Lipinski definition) is 3. The smallest absolute Gasteiger partial charge is 0.311 e. The summed E-state index contributed by atoms with van der Waals surface area (Å²) in [6, 6.07) is 14.2. The van der Waals surface area contributed by atoms with Crippen LogP contribution in [-0.4, -0.2) is 36.2 Å². The molecule has 0 spiro atoms. The molecule has 2 atom stereocenters. The predicted octanol–water partition coefficient (Wildman–Crippen LogP) is 3.30. The van der Waals surface area contributed by atoms with E-state index in [0.717, 1.165) is 11.8 Å². The Morgan fingerprint density at radius 3 is 2.69 bits per heavy atom. The summed E-state index contributed by atoms with van der Waals surface area (Å²) in [5, 5.41) is 18.1. The topological polar surface area (TPSA) is 119 Å². The van der Waals surface area contributed by atoms with Crippen molar-refractivity contribution in [2.45, 2.75) is 24.9 Å². The van der Waals surface area contributed by atoms with E-state index in [2.05, 4.69) is 0 Å². The number of rotatable bonds is 7. The summed E-state index contributed by atoms with van der Waals surface area (Å²) in [5.41, 5.74) is 7.44. The summed E-state index contributed by atoms with van der Waals surface area (Å²) in [4.78, 5) is 11.9. The van der Waals surface area contributed by atoms with Crippen molar-refractivity contribution < 1.29 is 23.8 Å². The van der Waals surface area contributed by atoms with Crippen molar-refractivity contribution in [2.24, 2.45) is 5.73 Å². The van der Waals surface area contributed by atoms with Gasteiger partial charge in [0.2, 0.25) is 0 Å². The fourth-order valence-corrected chi connectivity index (χ4v) is 3.49. The number of nitrogen functional groups attached to an aromatic ring is 1. The average Bonchev–Trinajstić information content (AvgIpc) is 3.35. The highest BCUT2D eigenvalue weighted by Crippen LogP contribution is 2.28. The number of nitrogens with two attached hydrogens (primary N) is 1. The van der Waals surface area contributed by atoms with E-state index < -0.39 is 11.9 Å². The molecular formula is C22H22N2O5. The van der Waals surface area contributed by atoms with E-state index in [4.69, 9.17) is 25.0 Å². The van der Waals surface area contributed by atoms with Crippen LogP contribution in [-0.2, 0) is 16.0 Å². The Hall–Kier alpha value is -3.32. The summed E-state index contributed by atoms with van der Waals surface area (Å²) in [5.74, 6) is -0.422. The van der Waals surface area contributed by atoms with Gasteiger partial charge in [-0.15, -0.1) is 0 Å². The Morgan fingerprint density at radius 2 is 2.03 bits per heavy atom. The van der Waals surface area contributed by atoms with E-state index in [9.17, 15) is 9.90 Å². The van der Waals surface area contributed by atoms with Crippen LogP contribution in [0, 0.1) is 5.41 Å². The maximum absolute atomic E-state index is 11.9. The molecule has 0 amide bonds. The van der Waals surface area contributed by atoms with Gasteiger partial charge in [0.15, 0.2) is 0 Å². The number of nitrogens with one attached hydrogen (secondary N) is 1. The quantitative estimate of drug-likeness (QED) is 0.418. The minimum absolute atomic E-state index is 0.0236. The van der Waals surface area contributed by atoms with Crippen molar-refractivity contribution in [2.75, 3.05) is 13.2 Å². The molecular weight excluding hydrogens is 372 g/mol. The molecule has 2 unspecified atom stereocenters. The van der Waals surface area contributed by atoms with Gasteiger partial charge in [0.1, 0.15) is 29.0 Å². The first kappa shape index (κ1) is 19.0. The van der Waals surface area contributed by atoms with Gasteiger partial charge in [-0.05, 0) is 42.0 Å². The molecule has 0 aliphatic carbocycles. The number of ether oxygens (including phenoxy) is 2. The first-order chi connectivity index (χ1) is 14.0. The molecule has 0 bridgehead atoms. The lowest BCUT2D eigenvalue weighted by atomic mass is 9.94. The molecule has 2 heterocycles. The third-order valence-electron chi connectivity index (χ3n) is 5.05.